The van der Waals surface area contributed by atoms with E-state index in [0.29, 0.717) is 5.15 Å². The highest BCUT2D eigenvalue weighted by atomic mass is 35.5. The van der Waals surface area contributed by atoms with Crippen LogP contribution in [0.4, 0.5) is 0 Å². The van der Waals surface area contributed by atoms with Gasteiger partial charge in [0.25, 0.3) is 0 Å². The molecule has 1 saturated carbocycles. The summed E-state index contributed by atoms with van der Waals surface area (Å²) < 4.78 is 0. The molecule has 4 heteroatoms. The van der Waals surface area contributed by atoms with Crippen molar-refractivity contribution in [2.75, 3.05) is 0 Å². The number of allylic oxidation sites excluding steroid dienone is 1. The summed E-state index contributed by atoms with van der Waals surface area (Å²) in [4.78, 5) is 8.44. The molecular weight excluding hydrogens is 296 g/mol. The van der Waals surface area contributed by atoms with Crippen LogP contribution in [0.5, 0.6) is 0 Å². The van der Waals surface area contributed by atoms with Gasteiger partial charge in [-0.2, -0.15) is 0 Å². The molecule has 0 amide bonds. The molecule has 0 bridgehead atoms. The Bertz CT molecular complexity index is 416. The van der Waals surface area contributed by atoms with Crippen molar-refractivity contribution >= 4 is 17.7 Å². The zero-order valence-electron chi connectivity index (χ0n) is 14.5. The molecule has 2 rings (SSSR count). The topological polar surface area (TPSA) is 46.0 Å². The van der Waals surface area contributed by atoms with Crippen LogP contribution in [0.3, 0.4) is 0 Å². The van der Waals surface area contributed by atoms with Crippen LogP contribution in [0, 0.1) is 0 Å². The van der Waals surface area contributed by atoms with Crippen molar-refractivity contribution in [2.45, 2.75) is 78.7 Å². The van der Waals surface area contributed by atoms with E-state index in [-0.39, 0.29) is 6.10 Å². The highest BCUT2D eigenvalue weighted by molar-refractivity contribution is 6.29. The Balaban J connectivity index is 0.000000412. The molecule has 1 aromatic heterocycles. The van der Waals surface area contributed by atoms with E-state index in [4.69, 9.17) is 16.7 Å². The molecule has 0 saturated heterocycles. The number of hydrogen-bond donors (Lipinski definition) is 1. The quantitative estimate of drug-likeness (QED) is 0.803. The van der Waals surface area contributed by atoms with Crippen LogP contribution in [0.1, 0.15) is 77.6 Å². The highest BCUT2D eigenvalue weighted by Gasteiger charge is 2.07. The second-order valence-corrected chi connectivity index (χ2v) is 5.45. The molecule has 22 heavy (non-hydrogen) atoms. The Labute approximate surface area is 140 Å². The molecule has 126 valence electrons. The second kappa shape index (κ2) is 13.7. The molecule has 0 aromatic carbocycles. The predicted molar refractivity (Wildman–Crippen MR) is 96.2 cm³/mol. The number of aliphatic hydroxyl groups excluding tert-OH is 1. The lowest BCUT2D eigenvalue weighted by atomic mass is 9.98. The molecule has 1 fully saturated rings. The van der Waals surface area contributed by atoms with Crippen LogP contribution >= 0.6 is 11.6 Å². The summed E-state index contributed by atoms with van der Waals surface area (Å²) in [6.07, 6.45) is 13.4. The minimum absolute atomic E-state index is 0.0359. The van der Waals surface area contributed by atoms with Gasteiger partial charge >= 0.3 is 0 Å². The first-order chi connectivity index (χ1) is 10.7. The van der Waals surface area contributed by atoms with Crippen molar-refractivity contribution in [3.8, 4) is 0 Å². The first kappa shape index (κ1) is 21.1. The number of aryl methyl sites for hydroxylation is 1. The maximum atomic E-state index is 8.91. The normalized spacial score (nSPS) is 14.8. The van der Waals surface area contributed by atoms with Crippen LogP contribution in [-0.4, -0.2) is 21.2 Å². The van der Waals surface area contributed by atoms with Gasteiger partial charge in [0.1, 0.15) is 5.15 Å². The lowest BCUT2D eigenvalue weighted by Crippen LogP contribution is -2.09. The molecular formula is C18H31ClN2O. The Hall–Kier alpha value is -0.930. The summed E-state index contributed by atoms with van der Waals surface area (Å²) in [5, 5.41) is 9.38. The molecule has 0 radical (unpaired) electrons. The minimum Gasteiger partial charge on any atom is -0.393 e. The lowest BCUT2D eigenvalue weighted by Gasteiger charge is -2.14. The maximum Gasteiger partial charge on any atom is 0.147 e. The van der Waals surface area contributed by atoms with Crippen molar-refractivity contribution in [3.05, 3.63) is 28.8 Å². The summed E-state index contributed by atoms with van der Waals surface area (Å²) in [5.41, 5.74) is 1.90. The first-order valence-electron chi connectivity index (χ1n) is 8.49. The summed E-state index contributed by atoms with van der Waals surface area (Å²) >= 11 is 5.76. The number of rotatable bonds is 3. The Morgan fingerprint density at radius 2 is 1.91 bits per heavy atom. The van der Waals surface area contributed by atoms with E-state index in [1.165, 1.54) is 19.3 Å². The maximum absolute atomic E-state index is 8.91. The van der Waals surface area contributed by atoms with Gasteiger partial charge in [-0.15, -0.1) is 0 Å². The number of aromatic nitrogens is 2. The fraction of sp³-hybridized carbons (Fsp3) is 0.667. The summed E-state index contributed by atoms with van der Waals surface area (Å²) in [6.45, 7) is 8.08. The zero-order valence-corrected chi connectivity index (χ0v) is 15.2. The van der Waals surface area contributed by atoms with Gasteiger partial charge in [0, 0.05) is 0 Å². The fourth-order valence-corrected chi connectivity index (χ4v) is 2.36. The van der Waals surface area contributed by atoms with E-state index in [1.807, 2.05) is 32.9 Å². The van der Waals surface area contributed by atoms with E-state index in [2.05, 4.69) is 16.9 Å². The van der Waals surface area contributed by atoms with Crippen LogP contribution in [0.15, 0.2) is 12.3 Å². The van der Waals surface area contributed by atoms with Gasteiger partial charge in [-0.25, -0.2) is 4.98 Å². The van der Waals surface area contributed by atoms with Gasteiger partial charge in [0.2, 0.25) is 0 Å². The van der Waals surface area contributed by atoms with Crippen molar-refractivity contribution in [1.82, 2.24) is 9.97 Å². The average molecular weight is 327 g/mol. The third-order valence-corrected chi connectivity index (χ3v) is 3.42. The van der Waals surface area contributed by atoms with Gasteiger partial charge in [-0.1, -0.05) is 64.1 Å². The van der Waals surface area contributed by atoms with Gasteiger partial charge in [0.05, 0.1) is 23.7 Å². The van der Waals surface area contributed by atoms with E-state index < -0.39 is 0 Å². The summed E-state index contributed by atoms with van der Waals surface area (Å²) in [5.74, 6) is 0. The standard InChI is InChI=1S/C10H13ClN2.C6H12O.C2H6/c1-3-5-8-9(6-4-2)13-10(11)7-12-8;7-6-4-2-1-3-5-6;1-2/h3,5,7H,4,6H2,1-2H3;6-7H,1-5H2;1-2H3/b5-3-;;. The molecule has 1 aromatic rings. The minimum atomic E-state index is 0.0359. The molecule has 0 spiro atoms. The van der Waals surface area contributed by atoms with Crippen molar-refractivity contribution in [1.29, 1.82) is 0 Å². The zero-order chi connectivity index (χ0) is 16.8. The fourth-order valence-electron chi connectivity index (χ4n) is 2.21. The van der Waals surface area contributed by atoms with Crippen molar-refractivity contribution in [2.24, 2.45) is 0 Å². The molecule has 1 N–H and O–H groups in total. The largest absolute Gasteiger partial charge is 0.393 e. The van der Waals surface area contributed by atoms with Gasteiger partial charge in [0.15, 0.2) is 0 Å². The number of hydrogen-bond acceptors (Lipinski definition) is 3. The summed E-state index contributed by atoms with van der Waals surface area (Å²) in [6, 6.07) is 0. The molecule has 1 aliphatic carbocycles. The SMILES string of the molecule is C/C=C\c1ncc(Cl)nc1CCC.CC.OC1CCCCC1. The van der Waals surface area contributed by atoms with Crippen LogP contribution < -0.4 is 0 Å². The van der Waals surface area contributed by atoms with Crippen LogP contribution in [0.25, 0.3) is 6.08 Å². The van der Waals surface area contributed by atoms with Gasteiger partial charge < -0.3 is 5.11 Å². The lowest BCUT2D eigenvalue weighted by molar-refractivity contribution is 0.130. The van der Waals surface area contributed by atoms with Gasteiger partial charge in [-0.3, -0.25) is 4.98 Å². The monoisotopic (exact) mass is 326 g/mol. The Kier molecular flexibility index (Phi) is 13.1. The third kappa shape index (κ3) is 9.16. The van der Waals surface area contributed by atoms with Gasteiger partial charge in [-0.05, 0) is 32.3 Å². The Morgan fingerprint density at radius 1 is 1.27 bits per heavy atom. The summed E-state index contributed by atoms with van der Waals surface area (Å²) in [7, 11) is 0. The molecule has 1 heterocycles. The number of halogens is 1. The first-order valence-corrected chi connectivity index (χ1v) is 8.87. The van der Waals surface area contributed by atoms with E-state index in [9.17, 15) is 0 Å². The van der Waals surface area contributed by atoms with E-state index in [1.54, 1.807) is 6.20 Å². The molecule has 0 atom stereocenters. The highest BCUT2D eigenvalue weighted by Crippen LogP contribution is 2.16. The second-order valence-electron chi connectivity index (χ2n) is 5.07. The van der Waals surface area contributed by atoms with E-state index in [0.717, 1.165) is 37.1 Å². The number of nitrogens with zero attached hydrogens (tertiary/aromatic N) is 2. The third-order valence-electron chi connectivity index (χ3n) is 3.23. The molecule has 0 aliphatic heterocycles. The molecule has 1 aliphatic rings. The van der Waals surface area contributed by atoms with Crippen molar-refractivity contribution in [3.63, 3.8) is 0 Å². The van der Waals surface area contributed by atoms with Crippen LogP contribution in [0.2, 0.25) is 5.15 Å². The molecule has 3 nitrogen and oxygen atoms in total. The average Bonchev–Trinajstić information content (AvgIpc) is 2.54. The smallest absolute Gasteiger partial charge is 0.147 e. The van der Waals surface area contributed by atoms with Crippen molar-refractivity contribution < 1.29 is 5.11 Å². The molecule has 0 unspecified atom stereocenters. The Morgan fingerprint density at radius 3 is 2.36 bits per heavy atom. The number of aliphatic hydroxyl groups is 1. The predicted octanol–water partition coefficient (Wildman–Crippen LogP) is 5.45. The van der Waals surface area contributed by atoms with E-state index >= 15 is 0 Å². The van der Waals surface area contributed by atoms with Crippen LogP contribution in [-0.2, 0) is 6.42 Å².